The molecule has 0 aliphatic heterocycles. The molecule has 59 heavy (non-hydrogen) atoms. The van der Waals surface area contributed by atoms with Crippen molar-refractivity contribution in [2.24, 2.45) is 0 Å². The van der Waals surface area contributed by atoms with E-state index in [4.69, 9.17) is 18.5 Å². The van der Waals surface area contributed by atoms with Gasteiger partial charge in [-0.3, -0.25) is 9.36 Å². The van der Waals surface area contributed by atoms with E-state index in [9.17, 15) is 14.3 Å². The molecule has 0 fully saturated rings. The molecule has 0 amide bonds. The predicted molar refractivity (Wildman–Crippen MR) is 249 cm³/mol. The lowest BCUT2D eigenvalue weighted by Crippen LogP contribution is -2.37. The van der Waals surface area contributed by atoms with Crippen molar-refractivity contribution in [1.82, 2.24) is 0 Å². The number of rotatable bonds is 42. The fourth-order valence-electron chi connectivity index (χ4n) is 5.85. The molecule has 0 aliphatic rings. The Balaban J connectivity index is 4.34. The largest absolute Gasteiger partial charge is 0.756 e. The maximum absolute atomic E-state index is 12.7. The first-order valence-electron chi connectivity index (χ1n) is 23.3. The lowest BCUT2D eigenvalue weighted by molar-refractivity contribution is -0.870. The molecule has 0 aromatic heterocycles. The van der Waals surface area contributed by atoms with Crippen LogP contribution in [0.1, 0.15) is 168 Å². The normalized spacial score (nSPS) is 14.5. The Kier molecular flexibility index (Phi) is 40.7. The number of ether oxygens (including phenoxy) is 2. The summed E-state index contributed by atoms with van der Waals surface area (Å²) in [6.45, 7) is 5.11. The Hall–Kier alpha value is -2.32. The minimum absolute atomic E-state index is 0.0101. The topological polar surface area (TPSA) is 94.1 Å². The summed E-state index contributed by atoms with van der Waals surface area (Å²) in [6, 6.07) is 0. The third kappa shape index (κ3) is 46.6. The molecule has 8 nitrogen and oxygen atoms in total. The zero-order valence-electron chi connectivity index (χ0n) is 38.4. The highest BCUT2D eigenvalue weighted by Gasteiger charge is 2.20. The summed E-state index contributed by atoms with van der Waals surface area (Å²) in [6.07, 6.45) is 56.1. The number of quaternary nitrogens is 1. The third-order valence-corrected chi connectivity index (χ3v) is 10.4. The number of nitrogens with zero attached hydrogens (tertiary/aromatic N) is 1. The number of allylic oxidation sites excluding steroid dienone is 14. The van der Waals surface area contributed by atoms with Crippen molar-refractivity contribution in [3.63, 3.8) is 0 Å². The lowest BCUT2D eigenvalue weighted by Gasteiger charge is -2.28. The molecule has 9 heteroatoms. The highest BCUT2D eigenvalue weighted by Crippen LogP contribution is 2.38. The Morgan fingerprint density at radius 3 is 1.49 bits per heavy atom. The van der Waals surface area contributed by atoms with Crippen LogP contribution in [0.25, 0.3) is 0 Å². The molecule has 0 N–H and O–H groups in total. The Morgan fingerprint density at radius 1 is 0.542 bits per heavy atom. The number of phosphoric acid groups is 1. The second-order valence-electron chi connectivity index (χ2n) is 16.4. The number of esters is 1. The highest BCUT2D eigenvalue weighted by molar-refractivity contribution is 7.45. The summed E-state index contributed by atoms with van der Waals surface area (Å²) >= 11 is 0. The van der Waals surface area contributed by atoms with Gasteiger partial charge in [0, 0.05) is 13.0 Å². The first kappa shape index (κ1) is 56.7. The van der Waals surface area contributed by atoms with E-state index in [0.717, 1.165) is 70.6 Å². The van der Waals surface area contributed by atoms with Crippen LogP contribution in [0.15, 0.2) is 85.1 Å². The second kappa shape index (κ2) is 42.4. The van der Waals surface area contributed by atoms with Gasteiger partial charge in [-0.25, -0.2) is 0 Å². The van der Waals surface area contributed by atoms with Gasteiger partial charge in [0.25, 0.3) is 7.82 Å². The van der Waals surface area contributed by atoms with E-state index in [1.54, 1.807) is 0 Å². The van der Waals surface area contributed by atoms with Crippen LogP contribution in [0.5, 0.6) is 0 Å². The summed E-state index contributed by atoms with van der Waals surface area (Å²) in [7, 11) is 1.30. The summed E-state index contributed by atoms with van der Waals surface area (Å²) in [5.74, 6) is -0.361. The zero-order valence-corrected chi connectivity index (χ0v) is 39.3. The molecule has 340 valence electrons. The van der Waals surface area contributed by atoms with Gasteiger partial charge in [-0.15, -0.1) is 0 Å². The van der Waals surface area contributed by atoms with E-state index >= 15 is 0 Å². The van der Waals surface area contributed by atoms with Gasteiger partial charge in [0.15, 0.2) is 0 Å². The molecule has 0 rings (SSSR count). The number of unbranched alkanes of at least 4 members (excludes halogenated alkanes) is 14. The summed E-state index contributed by atoms with van der Waals surface area (Å²) < 4.78 is 34.6. The number of carbonyl (C=O) groups is 1. The lowest BCUT2D eigenvalue weighted by atomic mass is 10.1. The van der Waals surface area contributed by atoms with Crippen molar-refractivity contribution in [1.29, 1.82) is 0 Å². The van der Waals surface area contributed by atoms with Gasteiger partial charge < -0.3 is 27.9 Å². The van der Waals surface area contributed by atoms with E-state index < -0.39 is 13.9 Å². The second-order valence-corrected chi connectivity index (χ2v) is 17.8. The Labute approximate surface area is 363 Å². The smallest absolute Gasteiger partial charge is 0.306 e. The van der Waals surface area contributed by atoms with Gasteiger partial charge in [-0.2, -0.15) is 0 Å². The Bertz CT molecular complexity index is 1210. The molecule has 0 saturated heterocycles. The van der Waals surface area contributed by atoms with Crippen molar-refractivity contribution in [3.8, 4) is 0 Å². The van der Waals surface area contributed by atoms with Gasteiger partial charge >= 0.3 is 5.97 Å². The maximum atomic E-state index is 12.7. The highest BCUT2D eigenvalue weighted by atomic mass is 31.2. The van der Waals surface area contributed by atoms with Crippen molar-refractivity contribution < 1.29 is 37.3 Å². The van der Waals surface area contributed by atoms with Crippen LogP contribution in [0, 0.1) is 0 Å². The SMILES string of the molecule is CC/C=C\C/C=C\C/C=C\C/C=C\C/C=C\C/C=C\CCCOCC(COP(=O)([O-])OCC[N+](C)(C)C)OC(=O)CCCCCCCCC/C=C\CCCCCCCC. The molecule has 0 aromatic carbocycles. The minimum Gasteiger partial charge on any atom is -0.756 e. The van der Waals surface area contributed by atoms with Gasteiger partial charge in [0.2, 0.25) is 0 Å². The average Bonchev–Trinajstić information content (AvgIpc) is 3.19. The van der Waals surface area contributed by atoms with Crippen LogP contribution >= 0.6 is 7.82 Å². The molecule has 0 aromatic rings. The van der Waals surface area contributed by atoms with E-state index in [0.29, 0.717) is 17.6 Å². The minimum atomic E-state index is -4.55. The standard InChI is InChI=1S/C50H88NO7P/c1-6-8-10-12-14-16-18-20-22-24-25-26-28-30-32-34-36-38-40-42-45-55-47-49(48-57-59(53,54)56-46-44-51(3,4)5)58-50(52)43-41-39-37-35-33-31-29-27-23-21-19-17-15-13-11-9-7-2/h8,10,14,16,20-23,25-26,30,32,36,38,49H,6-7,9,11-13,15,17-19,24,27-29,31,33-35,37,39-48H2,1-5H3/b10-8-,16-14-,22-20-,23-21-,26-25-,32-30-,38-36-. The molecule has 0 saturated carbocycles. The third-order valence-electron chi connectivity index (χ3n) is 9.43. The van der Waals surface area contributed by atoms with Crippen LogP contribution in [0.4, 0.5) is 0 Å². The molecule has 0 aliphatic carbocycles. The summed E-state index contributed by atoms with van der Waals surface area (Å²) in [5, 5.41) is 0. The van der Waals surface area contributed by atoms with Crippen LogP contribution in [0.3, 0.4) is 0 Å². The summed E-state index contributed by atoms with van der Waals surface area (Å²) in [5.41, 5.74) is 0. The van der Waals surface area contributed by atoms with Crippen molar-refractivity contribution in [2.45, 2.75) is 174 Å². The quantitative estimate of drug-likeness (QED) is 0.0199. The number of phosphoric ester groups is 1. The summed E-state index contributed by atoms with van der Waals surface area (Å²) in [4.78, 5) is 25.1. The molecule has 0 radical (unpaired) electrons. The van der Waals surface area contributed by atoms with Gasteiger partial charge in [-0.05, 0) is 83.5 Å². The first-order chi connectivity index (χ1) is 28.6. The molecule has 0 spiro atoms. The van der Waals surface area contributed by atoms with E-state index in [1.165, 1.54) is 77.0 Å². The van der Waals surface area contributed by atoms with E-state index in [1.807, 2.05) is 21.1 Å². The average molecular weight is 846 g/mol. The number of carbonyl (C=O) groups excluding carboxylic acids is 1. The van der Waals surface area contributed by atoms with E-state index in [2.05, 4.69) is 98.9 Å². The fourth-order valence-corrected chi connectivity index (χ4v) is 6.58. The molecular formula is C50H88NO7P. The van der Waals surface area contributed by atoms with Crippen LogP contribution in [-0.2, 0) is 27.9 Å². The first-order valence-corrected chi connectivity index (χ1v) is 24.8. The monoisotopic (exact) mass is 846 g/mol. The molecule has 2 atom stereocenters. The van der Waals surface area contributed by atoms with Crippen LogP contribution in [-0.4, -0.2) is 70.7 Å². The maximum Gasteiger partial charge on any atom is 0.306 e. The molecule has 0 bridgehead atoms. The van der Waals surface area contributed by atoms with Crippen LogP contribution in [0.2, 0.25) is 0 Å². The van der Waals surface area contributed by atoms with Gasteiger partial charge in [0.05, 0.1) is 34.4 Å². The van der Waals surface area contributed by atoms with Crippen LogP contribution < -0.4 is 4.89 Å². The molecular weight excluding hydrogens is 758 g/mol. The van der Waals surface area contributed by atoms with Gasteiger partial charge in [0.1, 0.15) is 19.3 Å². The fraction of sp³-hybridized carbons (Fsp3) is 0.700. The predicted octanol–water partition coefficient (Wildman–Crippen LogP) is 13.4. The molecule has 0 heterocycles. The zero-order chi connectivity index (χ0) is 43.4. The number of likely N-dealkylation sites (N-methyl/N-ethyl adjacent to an activating group) is 1. The number of hydrogen-bond donors (Lipinski definition) is 0. The van der Waals surface area contributed by atoms with Crippen molar-refractivity contribution in [2.75, 3.05) is 54.1 Å². The van der Waals surface area contributed by atoms with E-state index in [-0.39, 0.29) is 32.2 Å². The number of hydrogen-bond acceptors (Lipinski definition) is 7. The van der Waals surface area contributed by atoms with Gasteiger partial charge in [-0.1, -0.05) is 163 Å². The van der Waals surface area contributed by atoms with Crippen molar-refractivity contribution in [3.05, 3.63) is 85.1 Å². The van der Waals surface area contributed by atoms with Crippen molar-refractivity contribution >= 4 is 13.8 Å². The Morgan fingerprint density at radius 2 is 0.983 bits per heavy atom. The molecule has 2 unspecified atom stereocenters.